The Morgan fingerprint density at radius 2 is 2.17 bits per heavy atom. The summed E-state index contributed by atoms with van der Waals surface area (Å²) in [6.45, 7) is 0.851. The van der Waals surface area contributed by atoms with E-state index in [2.05, 4.69) is 0 Å². The van der Waals surface area contributed by atoms with Gasteiger partial charge in [-0.25, -0.2) is 9.80 Å². The Kier molecular flexibility index (Phi) is 4.39. The number of nitrogens with zero attached hydrogens (tertiary/aromatic N) is 1. The van der Waals surface area contributed by atoms with Gasteiger partial charge in [0.2, 0.25) is 5.91 Å². The van der Waals surface area contributed by atoms with Crippen LogP contribution < -0.4 is 11.0 Å². The molecular formula is C5H9N3O4. The van der Waals surface area contributed by atoms with Gasteiger partial charge >= 0.3 is 6.09 Å². The summed E-state index contributed by atoms with van der Waals surface area (Å²) in [5.41, 5.74) is 4.03. The van der Waals surface area contributed by atoms with Crippen LogP contribution in [0, 0.1) is 0 Å². The van der Waals surface area contributed by atoms with E-state index in [0.29, 0.717) is 11.3 Å². The lowest BCUT2D eigenvalue weighted by molar-refractivity contribution is -0.122. The second-order valence-electron chi connectivity index (χ2n) is 1.85. The maximum Gasteiger partial charge on any atom is 0.423 e. The Hall–Kier alpha value is -1.63. The Bertz CT molecular complexity index is 193. The molecule has 2 amide bonds. The maximum absolute atomic E-state index is 10.3. The van der Waals surface area contributed by atoms with Crippen LogP contribution in [-0.2, 0) is 9.59 Å². The molecule has 0 saturated carbocycles. The summed E-state index contributed by atoms with van der Waals surface area (Å²) in [5.74, 6) is -0.452. The van der Waals surface area contributed by atoms with E-state index in [9.17, 15) is 14.4 Å². The van der Waals surface area contributed by atoms with Crippen LogP contribution in [0.5, 0.6) is 0 Å². The van der Waals surface area contributed by atoms with Gasteiger partial charge in [0.05, 0.1) is 6.54 Å². The van der Waals surface area contributed by atoms with Crippen molar-refractivity contribution in [1.82, 2.24) is 16.0 Å². The number of carboxylic acid groups (broad SMARTS) is 1. The Morgan fingerprint density at radius 1 is 1.58 bits per heavy atom. The van der Waals surface area contributed by atoms with Crippen LogP contribution in [0.25, 0.3) is 0 Å². The van der Waals surface area contributed by atoms with Crippen LogP contribution in [0.4, 0.5) is 4.79 Å². The monoisotopic (exact) mass is 175 g/mol. The third-order valence-corrected chi connectivity index (χ3v) is 0.855. The van der Waals surface area contributed by atoms with Crippen LogP contribution in [-0.4, -0.2) is 34.9 Å². The SMILES string of the molecule is CC(=O)NNN(CC=O)C(=O)O. The first kappa shape index (κ1) is 10.4. The lowest BCUT2D eigenvalue weighted by Gasteiger charge is -2.16. The minimum absolute atomic E-state index is 0.352. The normalized spacial score (nSPS) is 8.75. The van der Waals surface area contributed by atoms with Crippen molar-refractivity contribution in [3.63, 3.8) is 0 Å². The number of aldehydes is 1. The van der Waals surface area contributed by atoms with Crippen molar-refractivity contribution in [1.29, 1.82) is 0 Å². The molecule has 68 valence electrons. The Balaban J connectivity index is 3.86. The van der Waals surface area contributed by atoms with E-state index in [0.717, 1.165) is 0 Å². The predicted octanol–water partition coefficient (Wildman–Crippen LogP) is -1.28. The standard InChI is InChI=1S/C5H9N3O4/c1-4(10)6-7-8(2-3-9)5(11)12/h3,7H,2H2,1H3,(H,6,10)(H,11,12). The van der Waals surface area contributed by atoms with Gasteiger partial charge in [0.1, 0.15) is 6.29 Å². The van der Waals surface area contributed by atoms with Gasteiger partial charge in [-0.05, 0) is 0 Å². The van der Waals surface area contributed by atoms with E-state index in [4.69, 9.17) is 5.11 Å². The molecule has 12 heavy (non-hydrogen) atoms. The Labute approximate surface area is 68.3 Å². The van der Waals surface area contributed by atoms with E-state index in [1.165, 1.54) is 6.92 Å². The first-order valence-corrected chi connectivity index (χ1v) is 3.04. The molecule has 0 heterocycles. The first-order chi connectivity index (χ1) is 5.57. The largest absolute Gasteiger partial charge is 0.464 e. The topological polar surface area (TPSA) is 98.7 Å². The van der Waals surface area contributed by atoms with Gasteiger partial charge in [0, 0.05) is 6.92 Å². The number of hydrogen-bond donors (Lipinski definition) is 3. The molecule has 3 N–H and O–H groups in total. The fourth-order valence-electron chi connectivity index (χ4n) is 0.392. The van der Waals surface area contributed by atoms with Gasteiger partial charge < -0.3 is 9.90 Å². The molecule has 0 aliphatic heterocycles. The zero-order valence-electron chi connectivity index (χ0n) is 6.40. The summed E-state index contributed by atoms with van der Waals surface area (Å²) in [5, 5.41) is 8.91. The average Bonchev–Trinajstić information content (AvgIpc) is 1.96. The number of carbonyl (C=O) groups is 3. The first-order valence-electron chi connectivity index (χ1n) is 3.04. The fourth-order valence-corrected chi connectivity index (χ4v) is 0.392. The molecule has 0 atom stereocenters. The minimum atomic E-state index is -1.35. The van der Waals surface area contributed by atoms with E-state index in [-0.39, 0.29) is 6.54 Å². The molecular weight excluding hydrogens is 166 g/mol. The van der Waals surface area contributed by atoms with Gasteiger partial charge in [-0.15, -0.1) is 5.53 Å². The molecule has 0 radical (unpaired) electrons. The van der Waals surface area contributed by atoms with Crippen molar-refractivity contribution < 1.29 is 19.5 Å². The maximum atomic E-state index is 10.3. The molecule has 0 rings (SSSR count). The summed E-state index contributed by atoms with van der Waals surface area (Å²) < 4.78 is 0. The lowest BCUT2D eigenvalue weighted by atomic mass is 10.7. The third-order valence-electron chi connectivity index (χ3n) is 0.855. The highest BCUT2D eigenvalue weighted by Crippen LogP contribution is 1.78. The number of amides is 2. The summed E-state index contributed by atoms with van der Waals surface area (Å²) in [7, 11) is 0. The van der Waals surface area contributed by atoms with Crippen LogP contribution in [0.15, 0.2) is 0 Å². The van der Waals surface area contributed by atoms with E-state index in [1.54, 1.807) is 0 Å². The highest BCUT2D eigenvalue weighted by atomic mass is 16.4. The molecule has 0 bridgehead atoms. The third kappa shape index (κ3) is 4.23. The molecule has 0 aliphatic carbocycles. The number of carbonyl (C=O) groups excluding carboxylic acids is 2. The molecule has 7 nitrogen and oxygen atoms in total. The molecule has 0 aromatic heterocycles. The second-order valence-corrected chi connectivity index (χ2v) is 1.85. The van der Waals surface area contributed by atoms with Crippen LogP contribution in [0.3, 0.4) is 0 Å². The summed E-state index contributed by atoms with van der Waals surface area (Å²) in [6, 6.07) is 0. The number of nitrogens with one attached hydrogen (secondary N) is 2. The molecule has 7 heteroatoms. The molecule has 0 aromatic rings. The zero-order chi connectivity index (χ0) is 9.56. The number of rotatable bonds is 4. The van der Waals surface area contributed by atoms with E-state index in [1.807, 2.05) is 11.0 Å². The van der Waals surface area contributed by atoms with E-state index >= 15 is 0 Å². The molecule has 0 fully saturated rings. The lowest BCUT2D eigenvalue weighted by Crippen LogP contribution is -2.51. The molecule has 0 aromatic carbocycles. The quantitative estimate of drug-likeness (QED) is 0.365. The fraction of sp³-hybridized carbons (Fsp3) is 0.400. The summed E-state index contributed by atoms with van der Waals surface area (Å²) in [4.78, 5) is 30.5. The van der Waals surface area contributed by atoms with Crippen LogP contribution in [0.2, 0.25) is 0 Å². The smallest absolute Gasteiger partial charge is 0.423 e. The molecule has 0 aliphatic rings. The molecule has 0 unspecified atom stereocenters. The van der Waals surface area contributed by atoms with Gasteiger partial charge in [0.25, 0.3) is 0 Å². The van der Waals surface area contributed by atoms with Gasteiger partial charge in [-0.2, -0.15) is 0 Å². The highest BCUT2D eigenvalue weighted by molar-refractivity contribution is 5.73. The van der Waals surface area contributed by atoms with Crippen molar-refractivity contribution in [2.75, 3.05) is 6.54 Å². The van der Waals surface area contributed by atoms with Gasteiger partial charge in [-0.1, -0.05) is 0 Å². The summed E-state index contributed by atoms with van der Waals surface area (Å²) in [6.07, 6.45) is -0.959. The van der Waals surface area contributed by atoms with Crippen molar-refractivity contribution >= 4 is 18.3 Å². The van der Waals surface area contributed by atoms with Crippen molar-refractivity contribution in [2.24, 2.45) is 0 Å². The zero-order valence-corrected chi connectivity index (χ0v) is 6.40. The second kappa shape index (κ2) is 5.08. The van der Waals surface area contributed by atoms with Crippen molar-refractivity contribution in [3.8, 4) is 0 Å². The Morgan fingerprint density at radius 3 is 2.50 bits per heavy atom. The molecule has 0 saturated heterocycles. The van der Waals surface area contributed by atoms with E-state index < -0.39 is 12.0 Å². The van der Waals surface area contributed by atoms with Crippen molar-refractivity contribution in [2.45, 2.75) is 6.92 Å². The number of hydrazine groups is 2. The highest BCUT2D eigenvalue weighted by Gasteiger charge is 2.09. The molecule has 0 spiro atoms. The average molecular weight is 175 g/mol. The predicted molar refractivity (Wildman–Crippen MR) is 37.7 cm³/mol. The number of hydrogen-bond acceptors (Lipinski definition) is 4. The summed E-state index contributed by atoms with van der Waals surface area (Å²) >= 11 is 0. The van der Waals surface area contributed by atoms with Gasteiger partial charge in [-0.3, -0.25) is 10.2 Å². The van der Waals surface area contributed by atoms with Crippen LogP contribution in [0.1, 0.15) is 6.92 Å². The van der Waals surface area contributed by atoms with Gasteiger partial charge in [0.15, 0.2) is 0 Å². The van der Waals surface area contributed by atoms with Crippen LogP contribution >= 0.6 is 0 Å². The van der Waals surface area contributed by atoms with Crippen molar-refractivity contribution in [3.05, 3.63) is 0 Å². The minimum Gasteiger partial charge on any atom is -0.464 e.